The number of rotatable bonds is 6. The van der Waals surface area contributed by atoms with Crippen LogP contribution in [0.3, 0.4) is 0 Å². The highest BCUT2D eigenvalue weighted by Crippen LogP contribution is 2.23. The fourth-order valence-corrected chi connectivity index (χ4v) is 2.36. The lowest BCUT2D eigenvalue weighted by Gasteiger charge is -2.19. The lowest BCUT2D eigenvalue weighted by molar-refractivity contribution is -0.114. The number of ether oxygens (including phenoxy) is 1. The molecule has 2 rings (SSSR count). The third-order valence-corrected chi connectivity index (χ3v) is 3.70. The third kappa shape index (κ3) is 5.24. The molecule has 0 radical (unpaired) electrons. The van der Waals surface area contributed by atoms with Gasteiger partial charge in [0.1, 0.15) is 0 Å². The molecule has 2 amide bonds. The number of nitrogens with one attached hydrogen (secondary N) is 2. The Hall–Kier alpha value is -3.02. The second-order valence-electron chi connectivity index (χ2n) is 5.56. The first-order valence-electron chi connectivity index (χ1n) is 8.10. The molecule has 2 aromatic carbocycles. The number of hydrogen-bond acceptors (Lipinski definition) is 4. The van der Waals surface area contributed by atoms with Gasteiger partial charge in [-0.05, 0) is 43.7 Å². The monoisotopic (exact) mass is 341 g/mol. The average Bonchev–Trinajstić information content (AvgIpc) is 2.59. The second kappa shape index (κ2) is 8.73. The van der Waals surface area contributed by atoms with Crippen LogP contribution in [0.25, 0.3) is 0 Å². The maximum absolute atomic E-state index is 12.3. The first-order chi connectivity index (χ1) is 12.0. The zero-order valence-corrected chi connectivity index (χ0v) is 14.7. The standard InChI is InChI=1S/C19H23N3O3/c1-4-25-19(24)21-17-12-8-11-16(14(17)2)20-18(23)13-22(3)15-9-6-5-7-10-15/h5-12H,4,13H2,1-3H3,(H,20,23)(H,21,24). The average molecular weight is 341 g/mol. The van der Waals surface area contributed by atoms with Gasteiger partial charge in [0.05, 0.1) is 13.2 Å². The van der Waals surface area contributed by atoms with Crippen molar-refractivity contribution in [1.82, 2.24) is 0 Å². The highest BCUT2D eigenvalue weighted by Gasteiger charge is 2.12. The van der Waals surface area contributed by atoms with Gasteiger partial charge in [-0.3, -0.25) is 10.1 Å². The lowest BCUT2D eigenvalue weighted by atomic mass is 10.1. The Morgan fingerprint density at radius 1 is 1.00 bits per heavy atom. The first kappa shape index (κ1) is 18.3. The number of carbonyl (C=O) groups is 2. The summed E-state index contributed by atoms with van der Waals surface area (Å²) in [6, 6.07) is 15.0. The number of anilines is 3. The molecular weight excluding hydrogens is 318 g/mol. The molecule has 2 aromatic rings. The lowest BCUT2D eigenvalue weighted by Crippen LogP contribution is -2.30. The van der Waals surface area contributed by atoms with E-state index in [1.54, 1.807) is 25.1 Å². The van der Waals surface area contributed by atoms with E-state index in [2.05, 4.69) is 10.6 Å². The summed E-state index contributed by atoms with van der Waals surface area (Å²) in [6.45, 7) is 4.09. The molecule has 6 heteroatoms. The molecule has 0 saturated carbocycles. The van der Waals surface area contributed by atoms with Gasteiger partial charge in [-0.1, -0.05) is 24.3 Å². The molecule has 0 bridgehead atoms. The van der Waals surface area contributed by atoms with Gasteiger partial charge >= 0.3 is 6.09 Å². The van der Waals surface area contributed by atoms with Crippen molar-refractivity contribution < 1.29 is 14.3 Å². The van der Waals surface area contributed by atoms with Gasteiger partial charge in [0.25, 0.3) is 0 Å². The van der Waals surface area contributed by atoms with Gasteiger partial charge in [-0.15, -0.1) is 0 Å². The number of carbonyl (C=O) groups excluding carboxylic acids is 2. The predicted octanol–water partition coefficient (Wildman–Crippen LogP) is 3.64. The molecule has 0 spiro atoms. The second-order valence-corrected chi connectivity index (χ2v) is 5.56. The predicted molar refractivity (Wildman–Crippen MR) is 100 cm³/mol. The highest BCUT2D eigenvalue weighted by atomic mass is 16.5. The Kier molecular flexibility index (Phi) is 6.39. The summed E-state index contributed by atoms with van der Waals surface area (Å²) in [5.74, 6) is -0.136. The van der Waals surface area contributed by atoms with Crippen LogP contribution >= 0.6 is 0 Å². The van der Waals surface area contributed by atoms with Gasteiger partial charge in [0.2, 0.25) is 5.91 Å². The Morgan fingerprint density at radius 3 is 2.28 bits per heavy atom. The SMILES string of the molecule is CCOC(=O)Nc1cccc(NC(=O)CN(C)c2ccccc2)c1C. The number of likely N-dealkylation sites (N-methyl/N-ethyl adjacent to an activating group) is 1. The largest absolute Gasteiger partial charge is 0.450 e. The first-order valence-corrected chi connectivity index (χ1v) is 8.10. The van der Waals surface area contributed by atoms with Gasteiger partial charge in [0, 0.05) is 24.1 Å². The van der Waals surface area contributed by atoms with Crippen LogP contribution in [0.15, 0.2) is 48.5 Å². The van der Waals surface area contributed by atoms with Gasteiger partial charge < -0.3 is 15.0 Å². The van der Waals surface area contributed by atoms with E-state index < -0.39 is 6.09 Å². The number of amides is 2. The van der Waals surface area contributed by atoms with Crippen LogP contribution in [-0.4, -0.2) is 32.2 Å². The van der Waals surface area contributed by atoms with E-state index in [0.29, 0.717) is 18.0 Å². The number of benzene rings is 2. The molecule has 0 aliphatic rings. The molecule has 0 aliphatic heterocycles. The molecular formula is C19H23N3O3. The number of hydrogen-bond donors (Lipinski definition) is 2. The van der Waals surface area contributed by atoms with Crippen molar-refractivity contribution >= 4 is 29.1 Å². The maximum atomic E-state index is 12.3. The van der Waals surface area contributed by atoms with E-state index >= 15 is 0 Å². The molecule has 25 heavy (non-hydrogen) atoms. The Balaban J connectivity index is 2.02. The quantitative estimate of drug-likeness (QED) is 0.841. The Bertz CT molecular complexity index is 732. The molecule has 6 nitrogen and oxygen atoms in total. The van der Waals surface area contributed by atoms with Crippen LogP contribution in [0.5, 0.6) is 0 Å². The molecule has 0 aliphatic carbocycles. The Morgan fingerprint density at radius 2 is 1.64 bits per heavy atom. The van der Waals surface area contributed by atoms with E-state index in [4.69, 9.17) is 4.74 Å². The molecule has 0 heterocycles. The maximum Gasteiger partial charge on any atom is 0.411 e. The van der Waals surface area contributed by atoms with Crippen LogP contribution in [0.4, 0.5) is 21.9 Å². The number of nitrogens with zero attached hydrogens (tertiary/aromatic N) is 1. The van der Waals surface area contributed by atoms with Crippen LogP contribution in [0.2, 0.25) is 0 Å². The van der Waals surface area contributed by atoms with E-state index in [-0.39, 0.29) is 12.5 Å². The molecule has 132 valence electrons. The minimum absolute atomic E-state index is 0.136. The molecule has 0 aromatic heterocycles. The van der Waals surface area contributed by atoms with Crippen molar-refractivity contribution in [3.63, 3.8) is 0 Å². The summed E-state index contributed by atoms with van der Waals surface area (Å²) >= 11 is 0. The Labute approximate surface area is 147 Å². The van der Waals surface area contributed by atoms with Crippen molar-refractivity contribution in [2.45, 2.75) is 13.8 Å². The molecule has 2 N–H and O–H groups in total. The van der Waals surface area contributed by atoms with Crippen molar-refractivity contribution in [2.24, 2.45) is 0 Å². The van der Waals surface area contributed by atoms with E-state index in [9.17, 15) is 9.59 Å². The molecule has 0 saturated heterocycles. The van der Waals surface area contributed by atoms with E-state index in [1.165, 1.54) is 0 Å². The van der Waals surface area contributed by atoms with Crippen LogP contribution in [0, 0.1) is 6.92 Å². The normalized spacial score (nSPS) is 10.0. The van der Waals surface area contributed by atoms with Crippen molar-refractivity contribution in [3.8, 4) is 0 Å². The van der Waals surface area contributed by atoms with E-state index in [0.717, 1.165) is 11.3 Å². The zero-order chi connectivity index (χ0) is 18.2. The molecule has 0 atom stereocenters. The number of para-hydroxylation sites is 1. The van der Waals surface area contributed by atoms with Crippen LogP contribution in [-0.2, 0) is 9.53 Å². The third-order valence-electron chi connectivity index (χ3n) is 3.70. The molecule has 0 fully saturated rings. The summed E-state index contributed by atoms with van der Waals surface area (Å²) in [5, 5.41) is 5.55. The van der Waals surface area contributed by atoms with Crippen molar-refractivity contribution in [2.75, 3.05) is 35.7 Å². The van der Waals surface area contributed by atoms with Crippen LogP contribution in [0.1, 0.15) is 12.5 Å². The van der Waals surface area contributed by atoms with Gasteiger partial charge in [0.15, 0.2) is 0 Å². The van der Waals surface area contributed by atoms with E-state index in [1.807, 2.05) is 49.2 Å². The topological polar surface area (TPSA) is 70.7 Å². The van der Waals surface area contributed by atoms with Gasteiger partial charge in [-0.25, -0.2) is 4.79 Å². The summed E-state index contributed by atoms with van der Waals surface area (Å²) in [7, 11) is 1.86. The fourth-order valence-electron chi connectivity index (χ4n) is 2.36. The zero-order valence-electron chi connectivity index (χ0n) is 14.7. The van der Waals surface area contributed by atoms with Crippen molar-refractivity contribution in [3.05, 3.63) is 54.1 Å². The van der Waals surface area contributed by atoms with Crippen molar-refractivity contribution in [1.29, 1.82) is 0 Å². The smallest absolute Gasteiger partial charge is 0.411 e. The van der Waals surface area contributed by atoms with Gasteiger partial charge in [-0.2, -0.15) is 0 Å². The summed E-state index contributed by atoms with van der Waals surface area (Å²) in [6.07, 6.45) is -0.516. The highest BCUT2D eigenvalue weighted by molar-refractivity contribution is 5.96. The molecule has 0 unspecified atom stereocenters. The van der Waals surface area contributed by atoms with Crippen LogP contribution < -0.4 is 15.5 Å². The summed E-state index contributed by atoms with van der Waals surface area (Å²) in [5.41, 5.74) is 2.99. The minimum atomic E-state index is -0.516. The fraction of sp³-hybridized carbons (Fsp3) is 0.263. The summed E-state index contributed by atoms with van der Waals surface area (Å²) in [4.78, 5) is 25.8. The summed E-state index contributed by atoms with van der Waals surface area (Å²) < 4.78 is 4.88. The minimum Gasteiger partial charge on any atom is -0.450 e.